The summed E-state index contributed by atoms with van der Waals surface area (Å²) >= 11 is 0. The van der Waals surface area contributed by atoms with Gasteiger partial charge >= 0.3 is 0 Å². The molecular formula is C20H24N2O4. The number of carbonyl (C=O) groups excluding carboxylic acids is 2. The highest BCUT2D eigenvalue weighted by molar-refractivity contribution is 5.95. The van der Waals surface area contributed by atoms with Crippen LogP contribution in [-0.2, 0) is 14.3 Å². The standard InChI is InChI=1S/C20H24N2O4/c23-18(22-11-9-20(10-12-22)25-13-14-26-20)8-3-15-1-4-16(5-2-15)19(24)21-17-6-7-17/h1-5,8,17H,6-7,9-14H2,(H,21,24)/b8-3+. The van der Waals surface area contributed by atoms with Crippen LogP contribution < -0.4 is 5.32 Å². The van der Waals surface area contributed by atoms with Crippen molar-refractivity contribution in [2.24, 2.45) is 0 Å². The van der Waals surface area contributed by atoms with Gasteiger partial charge in [0.2, 0.25) is 5.91 Å². The Hall–Kier alpha value is -2.18. The summed E-state index contributed by atoms with van der Waals surface area (Å²) in [5.74, 6) is -0.497. The van der Waals surface area contributed by atoms with E-state index in [4.69, 9.17) is 9.47 Å². The molecule has 2 heterocycles. The van der Waals surface area contributed by atoms with Crippen LogP contribution in [-0.4, -0.2) is 54.8 Å². The average Bonchev–Trinajstić information content (AvgIpc) is 3.37. The van der Waals surface area contributed by atoms with Crippen LogP contribution in [0.1, 0.15) is 41.6 Å². The first-order valence-corrected chi connectivity index (χ1v) is 9.29. The first-order chi connectivity index (χ1) is 12.6. The Bertz CT molecular complexity index is 693. The highest BCUT2D eigenvalue weighted by Gasteiger charge is 2.40. The molecular weight excluding hydrogens is 332 g/mol. The minimum absolute atomic E-state index is 0.00611. The molecule has 3 aliphatic rings. The highest BCUT2D eigenvalue weighted by atomic mass is 16.7. The van der Waals surface area contributed by atoms with Gasteiger partial charge in [0, 0.05) is 43.6 Å². The first-order valence-electron chi connectivity index (χ1n) is 9.29. The lowest BCUT2D eigenvalue weighted by Gasteiger charge is -2.37. The van der Waals surface area contributed by atoms with Crippen molar-refractivity contribution >= 4 is 17.9 Å². The van der Waals surface area contributed by atoms with Crippen molar-refractivity contribution in [1.82, 2.24) is 10.2 Å². The van der Waals surface area contributed by atoms with Crippen LogP contribution >= 0.6 is 0 Å². The molecule has 0 aromatic heterocycles. The molecule has 1 aromatic carbocycles. The van der Waals surface area contributed by atoms with Crippen LogP contribution in [0.25, 0.3) is 6.08 Å². The summed E-state index contributed by atoms with van der Waals surface area (Å²) in [5.41, 5.74) is 1.55. The number of piperidine rings is 1. The van der Waals surface area contributed by atoms with E-state index in [2.05, 4.69) is 5.32 Å². The molecule has 1 spiro atoms. The van der Waals surface area contributed by atoms with E-state index in [0.29, 0.717) is 37.9 Å². The fourth-order valence-electron chi connectivity index (χ4n) is 3.37. The van der Waals surface area contributed by atoms with E-state index in [1.165, 1.54) is 0 Å². The molecule has 6 nitrogen and oxygen atoms in total. The Balaban J connectivity index is 1.29. The maximum Gasteiger partial charge on any atom is 0.251 e. The Kier molecular flexibility index (Phi) is 4.78. The second kappa shape index (κ2) is 7.21. The number of benzene rings is 1. The van der Waals surface area contributed by atoms with E-state index in [0.717, 1.165) is 31.2 Å². The molecule has 2 amide bonds. The van der Waals surface area contributed by atoms with Gasteiger partial charge in [-0.25, -0.2) is 0 Å². The Morgan fingerprint density at radius 2 is 1.73 bits per heavy atom. The lowest BCUT2D eigenvalue weighted by atomic mass is 10.0. The molecule has 1 N–H and O–H groups in total. The van der Waals surface area contributed by atoms with Crippen LogP contribution in [0, 0.1) is 0 Å². The second-order valence-corrected chi connectivity index (χ2v) is 7.14. The molecule has 3 fully saturated rings. The fraction of sp³-hybridized carbons (Fsp3) is 0.500. The summed E-state index contributed by atoms with van der Waals surface area (Å²) in [5, 5.41) is 2.97. The summed E-state index contributed by atoms with van der Waals surface area (Å²) in [6.45, 7) is 2.57. The van der Waals surface area contributed by atoms with Crippen molar-refractivity contribution in [1.29, 1.82) is 0 Å². The lowest BCUT2D eigenvalue weighted by Crippen LogP contribution is -2.46. The van der Waals surface area contributed by atoms with Gasteiger partial charge in [-0.1, -0.05) is 12.1 Å². The molecule has 1 aliphatic carbocycles. The first kappa shape index (κ1) is 17.2. The summed E-state index contributed by atoms with van der Waals surface area (Å²) in [6.07, 6.45) is 6.97. The molecule has 0 atom stereocenters. The molecule has 0 radical (unpaired) electrons. The minimum Gasteiger partial charge on any atom is -0.349 e. The number of hydrogen-bond acceptors (Lipinski definition) is 4. The third kappa shape index (κ3) is 3.97. The van der Waals surface area contributed by atoms with Crippen molar-refractivity contribution in [2.75, 3.05) is 26.3 Å². The molecule has 6 heteroatoms. The summed E-state index contributed by atoms with van der Waals surface area (Å²) in [4.78, 5) is 26.2. The number of rotatable bonds is 4. The van der Waals surface area contributed by atoms with Crippen LogP contribution in [0.2, 0.25) is 0 Å². The van der Waals surface area contributed by atoms with E-state index in [9.17, 15) is 9.59 Å². The minimum atomic E-state index is -0.461. The van der Waals surface area contributed by atoms with Gasteiger partial charge in [-0.05, 0) is 36.6 Å². The third-order valence-corrected chi connectivity index (χ3v) is 5.15. The molecule has 2 saturated heterocycles. The molecule has 4 rings (SSSR count). The Morgan fingerprint density at radius 3 is 2.35 bits per heavy atom. The normalized spacial score (nSPS) is 22.1. The van der Waals surface area contributed by atoms with Gasteiger partial charge in [0.1, 0.15) is 0 Å². The van der Waals surface area contributed by atoms with Gasteiger partial charge in [0.15, 0.2) is 5.79 Å². The van der Waals surface area contributed by atoms with Crippen LogP contribution in [0.4, 0.5) is 0 Å². The van der Waals surface area contributed by atoms with E-state index < -0.39 is 5.79 Å². The van der Waals surface area contributed by atoms with Gasteiger partial charge in [0.25, 0.3) is 5.91 Å². The van der Waals surface area contributed by atoms with Gasteiger partial charge in [-0.15, -0.1) is 0 Å². The van der Waals surface area contributed by atoms with Gasteiger partial charge < -0.3 is 19.7 Å². The topological polar surface area (TPSA) is 67.9 Å². The molecule has 1 saturated carbocycles. The van der Waals surface area contributed by atoms with Gasteiger partial charge in [0.05, 0.1) is 13.2 Å². The Morgan fingerprint density at radius 1 is 1.08 bits per heavy atom. The molecule has 26 heavy (non-hydrogen) atoms. The van der Waals surface area contributed by atoms with Crippen molar-refractivity contribution in [3.63, 3.8) is 0 Å². The smallest absolute Gasteiger partial charge is 0.251 e. The fourth-order valence-corrected chi connectivity index (χ4v) is 3.37. The van der Waals surface area contributed by atoms with Crippen LogP contribution in [0.5, 0.6) is 0 Å². The molecule has 1 aromatic rings. The number of amides is 2. The van der Waals surface area contributed by atoms with Crippen molar-refractivity contribution < 1.29 is 19.1 Å². The highest BCUT2D eigenvalue weighted by Crippen LogP contribution is 2.31. The largest absolute Gasteiger partial charge is 0.349 e. The zero-order chi connectivity index (χ0) is 18.0. The molecule has 0 bridgehead atoms. The quantitative estimate of drug-likeness (QED) is 0.838. The molecule has 0 unspecified atom stereocenters. The van der Waals surface area contributed by atoms with Gasteiger partial charge in [-0.3, -0.25) is 9.59 Å². The monoisotopic (exact) mass is 356 g/mol. The summed E-state index contributed by atoms with van der Waals surface area (Å²) in [7, 11) is 0. The van der Waals surface area contributed by atoms with E-state index in [1.807, 2.05) is 17.0 Å². The zero-order valence-corrected chi connectivity index (χ0v) is 14.8. The maximum atomic E-state index is 12.4. The summed E-state index contributed by atoms with van der Waals surface area (Å²) < 4.78 is 11.4. The number of hydrogen-bond donors (Lipinski definition) is 1. The van der Waals surface area contributed by atoms with Crippen molar-refractivity contribution in [3.8, 4) is 0 Å². The number of carbonyl (C=O) groups is 2. The van der Waals surface area contributed by atoms with E-state index in [-0.39, 0.29) is 11.8 Å². The average molecular weight is 356 g/mol. The van der Waals surface area contributed by atoms with Crippen LogP contribution in [0.3, 0.4) is 0 Å². The zero-order valence-electron chi connectivity index (χ0n) is 14.8. The summed E-state index contributed by atoms with van der Waals surface area (Å²) in [6, 6.07) is 7.65. The number of ether oxygens (including phenoxy) is 2. The van der Waals surface area contributed by atoms with E-state index >= 15 is 0 Å². The predicted molar refractivity (Wildman–Crippen MR) is 96.4 cm³/mol. The SMILES string of the molecule is O=C(NC1CC1)c1ccc(/C=C/C(=O)N2CCC3(CC2)OCCO3)cc1. The maximum absolute atomic E-state index is 12.4. The van der Waals surface area contributed by atoms with Crippen LogP contribution in [0.15, 0.2) is 30.3 Å². The number of nitrogens with zero attached hydrogens (tertiary/aromatic N) is 1. The van der Waals surface area contributed by atoms with Crippen molar-refractivity contribution in [3.05, 3.63) is 41.5 Å². The lowest BCUT2D eigenvalue weighted by molar-refractivity contribution is -0.186. The molecule has 2 aliphatic heterocycles. The number of nitrogens with one attached hydrogen (secondary N) is 1. The third-order valence-electron chi connectivity index (χ3n) is 5.15. The number of likely N-dealkylation sites (tertiary alicyclic amines) is 1. The second-order valence-electron chi connectivity index (χ2n) is 7.14. The predicted octanol–water partition coefficient (Wildman–Crippen LogP) is 1.96. The van der Waals surface area contributed by atoms with Crippen molar-refractivity contribution in [2.45, 2.75) is 37.5 Å². The Labute approximate surface area is 153 Å². The molecule has 138 valence electrons. The van der Waals surface area contributed by atoms with Gasteiger partial charge in [-0.2, -0.15) is 0 Å². The van der Waals surface area contributed by atoms with E-state index in [1.54, 1.807) is 24.3 Å².